The lowest BCUT2D eigenvalue weighted by atomic mass is 10.1. The first-order chi connectivity index (χ1) is 8.58. The second kappa shape index (κ2) is 6.44. The van der Waals surface area contributed by atoms with Crippen molar-refractivity contribution in [3.63, 3.8) is 0 Å². The second-order valence-electron chi connectivity index (χ2n) is 3.50. The number of ether oxygens (including phenoxy) is 2. The highest BCUT2D eigenvalue weighted by Gasteiger charge is 2.07. The Morgan fingerprint density at radius 3 is 2.61 bits per heavy atom. The van der Waals surface area contributed by atoms with Crippen LogP contribution >= 0.6 is 0 Å². The van der Waals surface area contributed by atoms with Crippen LogP contribution in [-0.4, -0.2) is 26.1 Å². The van der Waals surface area contributed by atoms with Crippen molar-refractivity contribution >= 4 is 18.0 Å². The van der Waals surface area contributed by atoms with E-state index in [-0.39, 0.29) is 12.4 Å². The Labute approximate surface area is 105 Å². The summed E-state index contributed by atoms with van der Waals surface area (Å²) in [6.45, 7) is 0. The molecule has 0 aliphatic rings. The van der Waals surface area contributed by atoms with E-state index in [0.29, 0.717) is 16.9 Å². The highest BCUT2D eigenvalue weighted by Crippen LogP contribution is 2.18. The Balaban J connectivity index is 2.94. The summed E-state index contributed by atoms with van der Waals surface area (Å²) >= 11 is 0. The summed E-state index contributed by atoms with van der Waals surface area (Å²) in [5.41, 5.74) is 6.25. The molecule has 0 saturated heterocycles. The van der Waals surface area contributed by atoms with Gasteiger partial charge in [0.05, 0.1) is 20.6 Å². The van der Waals surface area contributed by atoms with Gasteiger partial charge in [-0.2, -0.15) is 0 Å². The van der Waals surface area contributed by atoms with Crippen LogP contribution in [0.3, 0.4) is 0 Å². The van der Waals surface area contributed by atoms with Crippen LogP contribution in [0.4, 0.5) is 0 Å². The van der Waals surface area contributed by atoms with Gasteiger partial charge in [0.2, 0.25) is 5.91 Å². The van der Waals surface area contributed by atoms with Crippen LogP contribution in [0.25, 0.3) is 6.08 Å². The maximum absolute atomic E-state index is 11.3. The number of methoxy groups -OCH3 is 2. The van der Waals surface area contributed by atoms with Crippen LogP contribution in [0.2, 0.25) is 0 Å². The maximum atomic E-state index is 11.3. The molecule has 0 spiro atoms. The molecule has 0 fully saturated rings. The van der Waals surface area contributed by atoms with Crippen LogP contribution in [0.5, 0.6) is 5.75 Å². The molecule has 1 aromatic carbocycles. The minimum absolute atomic E-state index is 0.140. The summed E-state index contributed by atoms with van der Waals surface area (Å²) in [4.78, 5) is 22.2. The molecule has 0 saturated carbocycles. The molecule has 0 unspecified atom stereocenters. The quantitative estimate of drug-likeness (QED) is 0.799. The zero-order chi connectivity index (χ0) is 13.5. The van der Waals surface area contributed by atoms with Gasteiger partial charge in [-0.3, -0.25) is 9.59 Å². The molecule has 5 nitrogen and oxygen atoms in total. The fourth-order valence-corrected chi connectivity index (χ4v) is 1.39. The smallest absolute Gasteiger partial charge is 0.309 e. The summed E-state index contributed by atoms with van der Waals surface area (Å²) in [7, 11) is 2.82. The Morgan fingerprint density at radius 2 is 2.06 bits per heavy atom. The van der Waals surface area contributed by atoms with Crippen molar-refractivity contribution in [2.24, 2.45) is 5.73 Å². The Bertz CT molecular complexity index is 480. The fourth-order valence-electron chi connectivity index (χ4n) is 1.39. The lowest BCUT2D eigenvalue weighted by molar-refractivity contribution is -0.139. The van der Waals surface area contributed by atoms with E-state index in [1.54, 1.807) is 30.4 Å². The molecule has 0 bridgehead atoms. The third kappa shape index (κ3) is 3.62. The van der Waals surface area contributed by atoms with Crippen LogP contribution < -0.4 is 10.5 Å². The topological polar surface area (TPSA) is 78.6 Å². The monoisotopic (exact) mass is 249 g/mol. The maximum Gasteiger partial charge on any atom is 0.309 e. The minimum atomic E-state index is -0.549. The van der Waals surface area contributed by atoms with Crippen molar-refractivity contribution in [1.29, 1.82) is 0 Å². The van der Waals surface area contributed by atoms with Gasteiger partial charge in [0, 0.05) is 5.56 Å². The van der Waals surface area contributed by atoms with Crippen LogP contribution in [0.15, 0.2) is 24.3 Å². The molecule has 0 heterocycles. The Kier molecular flexibility index (Phi) is 4.92. The van der Waals surface area contributed by atoms with Gasteiger partial charge in [-0.05, 0) is 17.7 Å². The molecule has 18 heavy (non-hydrogen) atoms. The van der Waals surface area contributed by atoms with Crippen molar-refractivity contribution in [2.45, 2.75) is 6.42 Å². The third-order valence-electron chi connectivity index (χ3n) is 2.34. The van der Waals surface area contributed by atoms with Gasteiger partial charge in [0.15, 0.2) is 0 Å². The normalized spacial score (nSPS) is 10.3. The van der Waals surface area contributed by atoms with Crippen LogP contribution in [0, 0.1) is 0 Å². The summed E-state index contributed by atoms with van der Waals surface area (Å²) in [5, 5.41) is 0. The number of hydrogen-bond donors (Lipinski definition) is 1. The number of hydrogen-bond acceptors (Lipinski definition) is 4. The number of amides is 1. The zero-order valence-corrected chi connectivity index (χ0v) is 10.3. The molecule has 1 aromatic rings. The number of primary amides is 1. The highest BCUT2D eigenvalue weighted by atomic mass is 16.5. The number of carbonyl (C=O) groups excluding carboxylic acids is 2. The van der Waals surface area contributed by atoms with E-state index in [9.17, 15) is 9.59 Å². The highest BCUT2D eigenvalue weighted by molar-refractivity contribution is 5.97. The molecule has 1 amide bonds. The number of carbonyl (C=O) groups is 2. The van der Waals surface area contributed by atoms with Crippen molar-refractivity contribution < 1.29 is 19.1 Å². The SMILES string of the molecule is COC(=O)CC=Cc1ccc(OC)cc1C(N)=O. The number of benzene rings is 1. The Hall–Kier alpha value is -2.30. The molecule has 0 aliphatic heterocycles. The van der Waals surface area contributed by atoms with Crippen molar-refractivity contribution in [1.82, 2.24) is 0 Å². The zero-order valence-electron chi connectivity index (χ0n) is 10.3. The average molecular weight is 249 g/mol. The predicted molar refractivity (Wildman–Crippen MR) is 67.2 cm³/mol. The first-order valence-electron chi connectivity index (χ1n) is 5.29. The molecular weight excluding hydrogens is 234 g/mol. The average Bonchev–Trinajstić information content (AvgIpc) is 2.38. The van der Waals surface area contributed by atoms with E-state index in [4.69, 9.17) is 10.5 Å². The lowest BCUT2D eigenvalue weighted by Crippen LogP contribution is -2.12. The van der Waals surface area contributed by atoms with Crippen LogP contribution in [0.1, 0.15) is 22.3 Å². The second-order valence-corrected chi connectivity index (χ2v) is 3.50. The van der Waals surface area contributed by atoms with E-state index in [0.717, 1.165) is 0 Å². The molecule has 0 aliphatic carbocycles. The minimum Gasteiger partial charge on any atom is -0.497 e. The molecule has 0 aromatic heterocycles. The van der Waals surface area contributed by atoms with E-state index < -0.39 is 5.91 Å². The molecule has 0 radical (unpaired) electrons. The van der Waals surface area contributed by atoms with Gasteiger partial charge in [0.25, 0.3) is 0 Å². The fraction of sp³-hybridized carbons (Fsp3) is 0.231. The third-order valence-corrected chi connectivity index (χ3v) is 2.34. The van der Waals surface area contributed by atoms with Crippen LogP contribution in [-0.2, 0) is 9.53 Å². The summed E-state index contributed by atoms with van der Waals surface area (Å²) in [6, 6.07) is 4.97. The van der Waals surface area contributed by atoms with Crippen molar-refractivity contribution in [3.05, 3.63) is 35.4 Å². The van der Waals surface area contributed by atoms with Gasteiger partial charge in [0.1, 0.15) is 5.75 Å². The van der Waals surface area contributed by atoms with Gasteiger partial charge >= 0.3 is 5.97 Å². The van der Waals surface area contributed by atoms with Gasteiger partial charge in [-0.25, -0.2) is 0 Å². The summed E-state index contributed by atoms with van der Waals surface area (Å²) < 4.78 is 9.51. The molecule has 2 N–H and O–H groups in total. The molecular formula is C13H15NO4. The predicted octanol–water partition coefficient (Wildman–Crippen LogP) is 1.37. The van der Waals surface area contributed by atoms with Gasteiger partial charge < -0.3 is 15.2 Å². The van der Waals surface area contributed by atoms with Crippen molar-refractivity contribution in [3.8, 4) is 5.75 Å². The van der Waals surface area contributed by atoms with E-state index in [1.165, 1.54) is 14.2 Å². The molecule has 96 valence electrons. The summed E-state index contributed by atoms with van der Waals surface area (Å²) in [6.07, 6.45) is 3.40. The first-order valence-corrected chi connectivity index (χ1v) is 5.29. The molecule has 0 atom stereocenters. The number of rotatable bonds is 5. The van der Waals surface area contributed by atoms with E-state index in [1.807, 2.05) is 0 Å². The number of nitrogens with two attached hydrogens (primary N) is 1. The first kappa shape index (κ1) is 13.8. The molecule has 5 heteroatoms. The molecule has 1 rings (SSSR count). The Morgan fingerprint density at radius 1 is 1.33 bits per heavy atom. The largest absolute Gasteiger partial charge is 0.497 e. The standard InChI is InChI=1S/C13H15NO4/c1-17-10-7-6-9(11(8-10)13(14)16)4-3-5-12(15)18-2/h3-4,6-8H,5H2,1-2H3,(H2,14,16). The number of esters is 1. The van der Waals surface area contributed by atoms with Gasteiger partial charge in [-0.1, -0.05) is 18.2 Å². The van der Waals surface area contributed by atoms with E-state index >= 15 is 0 Å². The summed E-state index contributed by atoms with van der Waals surface area (Å²) in [5.74, 6) is -0.346. The van der Waals surface area contributed by atoms with E-state index in [2.05, 4.69) is 4.74 Å². The lowest BCUT2D eigenvalue weighted by Gasteiger charge is -2.05. The van der Waals surface area contributed by atoms with Gasteiger partial charge in [-0.15, -0.1) is 0 Å². The van der Waals surface area contributed by atoms with Crippen molar-refractivity contribution in [2.75, 3.05) is 14.2 Å².